The van der Waals surface area contributed by atoms with Gasteiger partial charge in [0.1, 0.15) is 52.7 Å². The van der Waals surface area contributed by atoms with Crippen LogP contribution in [0.15, 0.2) is 76.5 Å². The summed E-state index contributed by atoms with van der Waals surface area (Å²) < 4.78 is 53.6. The van der Waals surface area contributed by atoms with Gasteiger partial charge in [-0.05, 0) is 37.8 Å². The Balaban J connectivity index is 1.16. The molecular weight excluding hydrogens is 1290 g/mol. The number of aliphatic hydroxyl groups excluding tert-OH is 1. The lowest BCUT2D eigenvalue weighted by Gasteiger charge is -2.39. The summed E-state index contributed by atoms with van der Waals surface area (Å²) in [4.78, 5) is 158. The first kappa shape index (κ1) is 75.5. The summed E-state index contributed by atoms with van der Waals surface area (Å²) in [6, 6.07) is 6.18. The molecule has 1 saturated heterocycles. The normalized spacial score (nSPS) is 25.4. The Labute approximate surface area is 553 Å². The van der Waals surface area contributed by atoms with Crippen LogP contribution in [-0.2, 0) is 61.6 Å². The zero-order valence-corrected chi connectivity index (χ0v) is 57.0. The lowest BCUT2D eigenvalue weighted by atomic mass is 9.78. The maximum absolute atomic E-state index is 15.0. The van der Waals surface area contributed by atoms with Gasteiger partial charge in [-0.1, -0.05) is 90.1 Å². The van der Waals surface area contributed by atoms with Crippen molar-refractivity contribution in [2.24, 2.45) is 39.6 Å². The number of allylic oxidation sites excluding steroid dienone is 2. The topological polar surface area (TPSA) is 447 Å². The Morgan fingerprint density at radius 1 is 0.812 bits per heavy atom. The summed E-state index contributed by atoms with van der Waals surface area (Å²) in [5, 5.41) is 46.7. The van der Waals surface area contributed by atoms with E-state index in [9.17, 15) is 82.4 Å². The number of rotatable bonds is 19. The largest absolute Gasteiger partial charge is 0.507 e. The van der Waals surface area contributed by atoms with E-state index in [1.807, 2.05) is 0 Å². The number of nitrogens with zero attached hydrogens (tertiary/aromatic N) is 3. The van der Waals surface area contributed by atoms with Gasteiger partial charge in [-0.2, -0.15) is 0 Å². The fraction of sp³-hybridized carbons (Fsp3) is 0.531. The smallest absolute Gasteiger partial charge is 0.340 e. The molecule has 1 fully saturated rings. The number of ether oxygens (including phenoxy) is 5. The van der Waals surface area contributed by atoms with Gasteiger partial charge in [0.15, 0.2) is 11.1 Å². The van der Waals surface area contributed by atoms with Crippen LogP contribution in [0.5, 0.6) is 17.2 Å². The molecule has 1 spiro atoms. The Morgan fingerprint density at radius 3 is 2.05 bits per heavy atom. The van der Waals surface area contributed by atoms with Crippen molar-refractivity contribution in [1.29, 1.82) is 0 Å². The zero-order valence-electron chi connectivity index (χ0n) is 55.2. The SMILES string of the molecule is CO[C@H]1/C=C/O[C@@]2(C)Oc3c(C)c(O)c4c(O)c(c5c(c4c3C2=O)NC2(CCN(CC(C)C)CC2)N=5)=NC(=O)/C(C)=C\C=C\[C@H](C)[C@H](OC(=O)CNC(=O)CNC(=O)[C@H](NC(=O)CNC(=O)CCC(P(=O)(O)O)P(=O)(O)O)c2ccccc2)[C@@H](C)[C@@H](O)[C@@H](C)[C@H](OC(C)=O)[C@@H]1C. The van der Waals surface area contributed by atoms with Gasteiger partial charge < -0.3 is 90.1 Å². The average Bonchev–Trinajstić information content (AvgIpc) is 1.51. The van der Waals surface area contributed by atoms with E-state index in [4.69, 9.17) is 28.7 Å². The summed E-state index contributed by atoms with van der Waals surface area (Å²) >= 11 is 0. The number of aromatic hydroxyl groups is 2. The molecule has 5 heterocycles. The van der Waals surface area contributed by atoms with Gasteiger partial charge in [-0.25, -0.2) is 4.99 Å². The molecule has 8 rings (SSSR count). The second kappa shape index (κ2) is 31.1. The zero-order chi connectivity index (χ0) is 71.1. The molecule has 0 aromatic heterocycles. The molecule has 0 saturated carbocycles. The number of benzene rings is 3. The Bertz CT molecular complexity index is 3800. The van der Waals surface area contributed by atoms with E-state index >= 15 is 0 Å². The molecule has 5 aliphatic rings. The molecule has 96 heavy (non-hydrogen) atoms. The number of carbonyl (C=O) groups excluding carboxylic acids is 8. The summed E-state index contributed by atoms with van der Waals surface area (Å²) in [7, 11) is -9.27. The first-order valence-electron chi connectivity index (χ1n) is 31.3. The van der Waals surface area contributed by atoms with Crippen molar-refractivity contribution in [1.82, 2.24) is 26.2 Å². The lowest BCUT2D eigenvalue weighted by Crippen LogP contribution is -2.48. The summed E-state index contributed by atoms with van der Waals surface area (Å²) in [5.41, 5.74) is -0.435. The molecule has 524 valence electrons. The highest BCUT2D eigenvalue weighted by molar-refractivity contribution is 7.70. The number of piperidine rings is 1. The molecule has 32 heteroatoms. The number of aliphatic hydroxyl groups is 1. The number of likely N-dealkylation sites (tertiary alicyclic amines) is 1. The van der Waals surface area contributed by atoms with Gasteiger partial charge in [0.05, 0.1) is 48.2 Å². The number of esters is 2. The second-order valence-electron chi connectivity index (χ2n) is 25.3. The molecule has 0 unspecified atom stereocenters. The predicted octanol–water partition coefficient (Wildman–Crippen LogP) is 2.97. The third-order valence-corrected chi connectivity index (χ3v) is 21.4. The molecule has 5 amide bonds. The summed E-state index contributed by atoms with van der Waals surface area (Å²) in [6.45, 7) is 16.1. The van der Waals surface area contributed by atoms with Gasteiger partial charge in [0.25, 0.3) is 11.7 Å². The van der Waals surface area contributed by atoms with Crippen LogP contribution in [-0.4, -0.2) is 175 Å². The van der Waals surface area contributed by atoms with E-state index in [1.165, 1.54) is 71.4 Å². The van der Waals surface area contributed by atoms with Gasteiger partial charge >= 0.3 is 32.9 Å². The van der Waals surface area contributed by atoms with Crippen LogP contribution in [0.2, 0.25) is 0 Å². The number of hydrogen-bond acceptors (Lipinski definition) is 21. The molecule has 12 N–H and O–H groups in total. The van der Waals surface area contributed by atoms with Gasteiger partial charge in [0, 0.05) is 100 Å². The highest BCUT2D eigenvalue weighted by atomic mass is 31.2. The fourth-order valence-corrected chi connectivity index (χ4v) is 14.9. The molecule has 30 nitrogen and oxygen atoms in total. The number of amides is 5. The summed E-state index contributed by atoms with van der Waals surface area (Å²) in [5.74, 6) is -13.4. The summed E-state index contributed by atoms with van der Waals surface area (Å²) in [6.07, 6.45) is 1.68. The number of methoxy groups -OCH3 is 1. The van der Waals surface area contributed by atoms with Gasteiger partial charge in [-0.15, -0.1) is 0 Å². The van der Waals surface area contributed by atoms with E-state index in [-0.39, 0.29) is 55.2 Å². The van der Waals surface area contributed by atoms with E-state index in [0.717, 1.165) is 6.54 Å². The number of anilines is 1. The van der Waals surface area contributed by atoms with Crippen LogP contribution in [0, 0.1) is 36.5 Å². The van der Waals surface area contributed by atoms with Crippen LogP contribution in [0.1, 0.15) is 116 Å². The minimum absolute atomic E-state index is 0.0280. The van der Waals surface area contributed by atoms with Crippen LogP contribution < -0.4 is 42.0 Å². The molecule has 0 radical (unpaired) electrons. The van der Waals surface area contributed by atoms with Crippen LogP contribution >= 0.6 is 15.2 Å². The molecule has 3 aromatic carbocycles. The molecule has 5 bridgehead atoms. The Kier molecular flexibility index (Phi) is 24.4. The van der Waals surface area contributed by atoms with Crippen molar-refractivity contribution in [2.45, 2.75) is 142 Å². The van der Waals surface area contributed by atoms with Crippen LogP contribution in [0.3, 0.4) is 0 Å². The Hall–Kier alpha value is -7.92. The molecule has 3 aromatic rings. The number of nitrogens with one attached hydrogen (secondary N) is 5. The van der Waals surface area contributed by atoms with Crippen molar-refractivity contribution in [3.8, 4) is 17.2 Å². The fourth-order valence-electron chi connectivity index (χ4n) is 12.4. The van der Waals surface area contributed by atoms with Gasteiger partial charge in [0.2, 0.25) is 23.6 Å². The highest BCUT2D eigenvalue weighted by Crippen LogP contribution is 2.61. The molecular formula is C64H86N8O22P2. The number of phenolic OH excluding ortho intramolecular Hbond substituents is 2. The highest BCUT2D eigenvalue weighted by Gasteiger charge is 2.51. The maximum Gasteiger partial charge on any atom is 0.340 e. The third-order valence-electron chi connectivity index (χ3n) is 17.5. The molecule has 0 aliphatic carbocycles. The number of fused-ring (bicyclic) bond motifs is 13. The monoisotopic (exact) mass is 1380 g/mol. The third kappa shape index (κ3) is 17.6. The number of phenols is 2. The van der Waals surface area contributed by atoms with Crippen LogP contribution in [0.25, 0.3) is 10.8 Å². The minimum atomic E-state index is -5.33. The second-order valence-corrected chi connectivity index (χ2v) is 29.3. The predicted molar refractivity (Wildman–Crippen MR) is 345 cm³/mol. The lowest BCUT2D eigenvalue weighted by molar-refractivity contribution is -0.165. The number of hydrogen-bond donors (Lipinski definition) is 12. The first-order valence-corrected chi connectivity index (χ1v) is 34.6. The standard InChI is InChI=1S/C64H86N8O22P2/c1-32(2)31-72-25-23-64(24-26-72)70-51-47-48-55(79)38(8)59-49(47)60(81)63(10,94-59)91-27-22-41(90-11)35(5)58(92-39(9)73)37(7)54(78)36(6)57(33(3)16-15-17-34(4)61(82)69-53(56(48)80)52(51)71-64)93-45(77)30-66-43(75)28-67-62(83)50(40-18-13-12-14-19-40)68-44(76)29-65-42(74)20-21-46(95(84,85)86)96(87,88)89/h12-19,22,27,32-33,35-37,41,46,50,54,57-58,70,78-80H,20-21,23-26,28-31H2,1-11H3,(H,65,74)(H,66,75)(H,67,83)(H,68,76)(H2,84,85,86)(H2,87,88,89)/b16-15+,27-22+,34-17-,69-53?/t33-,35+,36-,37+,41-,50+,54+,57-,58+,63-/m0/s1. The number of Topliss-reactive ketones (excluding diaryl/α,β-unsaturated/α-hetero) is 1. The van der Waals surface area contributed by atoms with Gasteiger partial charge in [-0.3, -0.25) is 52.5 Å². The van der Waals surface area contributed by atoms with E-state index in [1.54, 1.807) is 52.0 Å². The molecule has 5 aliphatic heterocycles. The van der Waals surface area contributed by atoms with E-state index < -0.39 is 177 Å². The van der Waals surface area contributed by atoms with Crippen molar-refractivity contribution in [3.05, 3.63) is 93.9 Å². The van der Waals surface area contributed by atoms with E-state index in [0.29, 0.717) is 31.8 Å². The number of carbonyl (C=O) groups is 8. The van der Waals surface area contributed by atoms with Crippen molar-refractivity contribution < 1.29 is 106 Å². The quantitative estimate of drug-likeness (QED) is 0.0466. The van der Waals surface area contributed by atoms with Crippen molar-refractivity contribution >= 4 is 78.9 Å². The molecule has 10 atom stereocenters. The van der Waals surface area contributed by atoms with Crippen molar-refractivity contribution in [3.63, 3.8) is 0 Å². The average molecular weight is 1380 g/mol. The first-order chi connectivity index (χ1) is 44.9. The van der Waals surface area contributed by atoms with Crippen molar-refractivity contribution in [2.75, 3.05) is 51.7 Å². The van der Waals surface area contributed by atoms with Crippen LogP contribution in [0.4, 0.5) is 5.69 Å². The number of ketones is 1. The Morgan fingerprint density at radius 2 is 1.44 bits per heavy atom. The van der Waals surface area contributed by atoms with E-state index in [2.05, 4.69) is 50.3 Å². The maximum atomic E-state index is 15.0. The minimum Gasteiger partial charge on any atom is -0.507 e.